The molecule has 0 heterocycles. The first-order valence-corrected chi connectivity index (χ1v) is 23.9. The predicted molar refractivity (Wildman–Crippen MR) is 274 cm³/mol. The second-order valence-electron chi connectivity index (χ2n) is 15.0. The summed E-state index contributed by atoms with van der Waals surface area (Å²) in [5.74, 6) is -2.29. The molecule has 0 saturated heterocycles. The van der Waals surface area contributed by atoms with Crippen LogP contribution in [0.4, 0.5) is 34.1 Å². The lowest BCUT2D eigenvalue weighted by Crippen LogP contribution is -2.32. The quantitative estimate of drug-likeness (QED) is 0.0279. The Bertz CT molecular complexity index is 2830. The van der Waals surface area contributed by atoms with E-state index in [0.717, 1.165) is 25.0 Å². The number of anilines is 4. The number of carbonyl (C=O) groups excluding carboxylic acids is 6. The van der Waals surface area contributed by atoms with E-state index < -0.39 is 47.3 Å². The number of ketones is 2. The Morgan fingerprint density at radius 3 is 1.37 bits per heavy atom. The van der Waals surface area contributed by atoms with Gasteiger partial charge in [-0.3, -0.25) is 28.8 Å². The minimum Gasteiger partial charge on any atom is -0.494 e. The van der Waals surface area contributed by atoms with Gasteiger partial charge < -0.3 is 30.7 Å². The Morgan fingerprint density at radius 2 is 0.957 bits per heavy atom. The van der Waals surface area contributed by atoms with E-state index in [2.05, 4.69) is 41.7 Å². The zero-order chi connectivity index (χ0) is 50.9. The minimum atomic E-state index is -1.64. The molecule has 5 rings (SSSR count). The van der Waals surface area contributed by atoms with Crippen LogP contribution in [0.3, 0.4) is 0 Å². The molecule has 2 atom stereocenters. The van der Waals surface area contributed by atoms with Crippen molar-refractivity contribution in [3.63, 3.8) is 0 Å². The van der Waals surface area contributed by atoms with E-state index in [1.54, 1.807) is 36.4 Å². The number of rotatable bonds is 23. The van der Waals surface area contributed by atoms with Crippen LogP contribution in [0.5, 0.6) is 11.5 Å². The number of azo groups is 2. The van der Waals surface area contributed by atoms with Crippen molar-refractivity contribution in [2.75, 3.05) is 46.2 Å². The lowest BCUT2D eigenvalue weighted by molar-refractivity contribution is -0.127. The molecule has 4 amide bonds. The molecule has 0 fully saturated rings. The van der Waals surface area contributed by atoms with Gasteiger partial charge in [0.1, 0.15) is 22.9 Å². The predicted octanol–water partition coefficient (Wildman–Crippen LogP) is 12.0. The molecule has 0 aliphatic heterocycles. The maximum absolute atomic E-state index is 13.5. The van der Waals surface area contributed by atoms with Crippen molar-refractivity contribution in [1.82, 2.24) is 0 Å². The zero-order valence-corrected chi connectivity index (χ0v) is 42.0. The standard InChI is InChI=1S/C49H47Cl5N8O8/c1-5-69-40-17-14-33(23-29(40)19-21-50)55-46(65)35-9-7-11-38(42(35)53)59-61-44(27(3)63)48(67)57-32-13-16-37(31(25-32)26-52)58-49(68)45(28(4)64)62-60-39-12-8-10-36(43(39)54)47(66)56-34-15-18-41(70-6-2)30(24-34)20-22-51/h7-18,23-25,44-45H,5-6,19-22,26H2,1-4H3,(H,55,65)(H,56,66)(H,57,67)(H,58,68). The van der Waals surface area contributed by atoms with Crippen LogP contribution in [-0.2, 0) is 37.9 Å². The second-order valence-corrected chi connectivity index (χ2v) is 16.8. The summed E-state index contributed by atoms with van der Waals surface area (Å²) < 4.78 is 11.3. The van der Waals surface area contributed by atoms with Crippen molar-refractivity contribution in [3.05, 3.63) is 129 Å². The second kappa shape index (κ2) is 26.5. The van der Waals surface area contributed by atoms with Gasteiger partial charge in [-0.25, -0.2) is 0 Å². The van der Waals surface area contributed by atoms with Crippen LogP contribution in [0, 0.1) is 0 Å². The highest BCUT2D eigenvalue weighted by Crippen LogP contribution is 2.33. The molecule has 0 bridgehead atoms. The van der Waals surface area contributed by atoms with E-state index in [1.807, 2.05) is 13.8 Å². The first-order valence-electron chi connectivity index (χ1n) is 21.6. The van der Waals surface area contributed by atoms with Gasteiger partial charge in [-0.15, -0.1) is 34.8 Å². The van der Waals surface area contributed by atoms with Gasteiger partial charge in [-0.05, 0) is 136 Å². The third-order valence-electron chi connectivity index (χ3n) is 10.0. The molecule has 5 aromatic carbocycles. The average Bonchev–Trinajstić information content (AvgIpc) is 3.32. The van der Waals surface area contributed by atoms with Gasteiger partial charge in [0.2, 0.25) is 12.1 Å². The Balaban J connectivity index is 1.25. The Hall–Kier alpha value is -6.43. The van der Waals surface area contributed by atoms with Crippen LogP contribution in [-0.4, -0.2) is 72.3 Å². The van der Waals surface area contributed by atoms with Crippen molar-refractivity contribution in [2.24, 2.45) is 20.5 Å². The Morgan fingerprint density at radius 1 is 0.543 bits per heavy atom. The van der Waals surface area contributed by atoms with Gasteiger partial charge >= 0.3 is 0 Å². The van der Waals surface area contributed by atoms with E-state index >= 15 is 0 Å². The largest absolute Gasteiger partial charge is 0.494 e. The van der Waals surface area contributed by atoms with E-state index in [4.69, 9.17) is 67.5 Å². The monoisotopic (exact) mass is 1050 g/mol. The summed E-state index contributed by atoms with van der Waals surface area (Å²) in [5.41, 5.74) is 3.42. The number of aryl methyl sites for hydroxylation is 2. The highest BCUT2D eigenvalue weighted by atomic mass is 35.5. The number of nitrogens with zero attached hydrogens (tertiary/aromatic N) is 4. The maximum atomic E-state index is 13.5. The fourth-order valence-electron chi connectivity index (χ4n) is 6.64. The summed E-state index contributed by atoms with van der Waals surface area (Å²) >= 11 is 31.4. The summed E-state index contributed by atoms with van der Waals surface area (Å²) in [7, 11) is 0. The number of nitrogens with one attached hydrogen (secondary N) is 4. The molecule has 70 heavy (non-hydrogen) atoms. The number of carbonyl (C=O) groups is 6. The number of Topliss-reactive ketones (excluding diaryl/α,β-unsaturated/α-hetero) is 2. The highest BCUT2D eigenvalue weighted by molar-refractivity contribution is 6.37. The summed E-state index contributed by atoms with van der Waals surface area (Å²) in [5, 5.41) is 26.7. The van der Waals surface area contributed by atoms with Gasteiger partial charge in [0.15, 0.2) is 11.6 Å². The smallest absolute Gasteiger partial charge is 0.258 e. The number of ether oxygens (including phenoxy) is 2. The van der Waals surface area contributed by atoms with E-state index in [1.165, 1.54) is 54.6 Å². The van der Waals surface area contributed by atoms with Crippen molar-refractivity contribution >= 4 is 127 Å². The average molecular weight is 1050 g/mol. The summed E-state index contributed by atoms with van der Waals surface area (Å²) in [6.07, 6.45) is 1.03. The summed E-state index contributed by atoms with van der Waals surface area (Å²) in [4.78, 5) is 78.9. The number of amides is 4. The molecule has 21 heteroatoms. The maximum Gasteiger partial charge on any atom is 0.258 e. The molecule has 4 N–H and O–H groups in total. The van der Waals surface area contributed by atoms with Crippen LogP contribution < -0.4 is 30.7 Å². The number of benzene rings is 5. The van der Waals surface area contributed by atoms with Crippen molar-refractivity contribution in [2.45, 2.75) is 58.5 Å². The molecule has 0 aliphatic rings. The van der Waals surface area contributed by atoms with Gasteiger partial charge in [0, 0.05) is 40.4 Å². The lowest BCUT2D eigenvalue weighted by Gasteiger charge is -2.15. The Kier molecular flexibility index (Phi) is 20.7. The number of halogens is 5. The molecule has 366 valence electrons. The molecule has 0 radical (unpaired) electrons. The number of hydrogen-bond donors (Lipinski definition) is 4. The van der Waals surface area contributed by atoms with Crippen molar-refractivity contribution in [3.8, 4) is 11.5 Å². The van der Waals surface area contributed by atoms with Gasteiger partial charge in [-0.1, -0.05) is 35.3 Å². The third-order valence-corrected chi connectivity index (χ3v) is 11.5. The molecule has 0 aliphatic carbocycles. The van der Waals surface area contributed by atoms with Crippen molar-refractivity contribution in [1.29, 1.82) is 0 Å². The lowest BCUT2D eigenvalue weighted by atomic mass is 10.1. The van der Waals surface area contributed by atoms with Gasteiger partial charge in [-0.2, -0.15) is 20.5 Å². The molecule has 0 spiro atoms. The van der Waals surface area contributed by atoms with Crippen LogP contribution >= 0.6 is 58.0 Å². The summed E-state index contributed by atoms with van der Waals surface area (Å²) in [6.45, 7) is 6.95. The van der Waals surface area contributed by atoms with Crippen LogP contribution in [0.25, 0.3) is 0 Å². The first kappa shape index (κ1) is 54.5. The molecule has 5 aromatic rings. The van der Waals surface area contributed by atoms with E-state index in [0.29, 0.717) is 66.3 Å². The fourth-order valence-corrected chi connectivity index (χ4v) is 7.76. The van der Waals surface area contributed by atoms with Gasteiger partial charge in [0.05, 0.1) is 34.4 Å². The molecular formula is C49H47Cl5N8O8. The van der Waals surface area contributed by atoms with Crippen LogP contribution in [0.15, 0.2) is 111 Å². The van der Waals surface area contributed by atoms with E-state index in [-0.39, 0.29) is 49.8 Å². The molecule has 0 aromatic heterocycles. The third kappa shape index (κ3) is 14.6. The fraction of sp³-hybridized carbons (Fsp3) is 0.265. The molecule has 16 nitrogen and oxygen atoms in total. The molecule has 0 saturated carbocycles. The van der Waals surface area contributed by atoms with Gasteiger partial charge in [0.25, 0.3) is 23.6 Å². The minimum absolute atomic E-state index is 0.0188. The van der Waals surface area contributed by atoms with Crippen molar-refractivity contribution < 1.29 is 38.2 Å². The number of alkyl halides is 3. The van der Waals surface area contributed by atoms with Crippen LogP contribution in [0.1, 0.15) is 65.1 Å². The van der Waals surface area contributed by atoms with E-state index in [9.17, 15) is 28.8 Å². The zero-order valence-electron chi connectivity index (χ0n) is 38.2. The normalized spacial score (nSPS) is 12.0. The summed E-state index contributed by atoms with van der Waals surface area (Å²) in [6, 6.07) is 20.3. The number of hydrogen-bond acceptors (Lipinski definition) is 12. The van der Waals surface area contributed by atoms with Crippen LogP contribution in [0.2, 0.25) is 10.0 Å². The SMILES string of the molecule is CCOc1ccc(NC(=O)c2cccc(N=NC(C(C)=O)C(=O)Nc3ccc(NC(=O)C(N=Nc4cccc(C(=O)Nc5ccc(OCC)c(CCCl)c5)c4Cl)C(C)=O)c(CCl)c3)c2Cl)cc1CCCl. The first-order chi connectivity index (χ1) is 33.6. The topological polar surface area (TPSA) is 218 Å². The molecule has 2 unspecified atom stereocenters. The molecular weight excluding hydrogens is 1010 g/mol. The highest BCUT2D eigenvalue weighted by Gasteiger charge is 2.27. The Labute approximate surface area is 428 Å².